The van der Waals surface area contributed by atoms with Gasteiger partial charge in [0.25, 0.3) is 15.9 Å². The predicted octanol–water partition coefficient (Wildman–Crippen LogP) is 4.96. The molecule has 0 heterocycles. The molecule has 5 nitrogen and oxygen atoms in total. The second kappa shape index (κ2) is 8.46. The number of nitrogens with one attached hydrogen (secondary N) is 2. The molecule has 3 aromatic rings. The van der Waals surface area contributed by atoms with Crippen molar-refractivity contribution in [3.8, 4) is 0 Å². The van der Waals surface area contributed by atoms with Crippen molar-refractivity contribution in [3.05, 3.63) is 88.9 Å². The Morgan fingerprint density at radius 3 is 2.46 bits per heavy atom. The predicted molar refractivity (Wildman–Crippen MR) is 112 cm³/mol. The summed E-state index contributed by atoms with van der Waals surface area (Å²) in [6.07, 6.45) is 0.772. The van der Waals surface area contributed by atoms with Gasteiger partial charge in [0.15, 0.2) is 0 Å². The summed E-state index contributed by atoms with van der Waals surface area (Å²) in [5, 5.41) is 3.26. The normalized spacial score (nSPS) is 11.1. The van der Waals surface area contributed by atoms with Gasteiger partial charge in [-0.2, -0.15) is 0 Å². The summed E-state index contributed by atoms with van der Waals surface area (Å²) in [4.78, 5) is 12.6. The lowest BCUT2D eigenvalue weighted by Crippen LogP contribution is -2.16. The van der Waals surface area contributed by atoms with Crippen molar-refractivity contribution in [2.24, 2.45) is 0 Å². The Morgan fingerprint density at radius 2 is 1.71 bits per heavy atom. The van der Waals surface area contributed by atoms with Gasteiger partial charge in [-0.1, -0.05) is 48.9 Å². The minimum atomic E-state index is -3.86. The zero-order valence-corrected chi connectivity index (χ0v) is 16.7. The van der Waals surface area contributed by atoms with Crippen LogP contribution in [0.15, 0.2) is 77.7 Å². The first-order valence-electron chi connectivity index (χ1n) is 8.67. The largest absolute Gasteiger partial charge is 0.322 e. The monoisotopic (exact) mass is 414 g/mol. The quantitative estimate of drug-likeness (QED) is 0.598. The number of benzene rings is 3. The lowest BCUT2D eigenvalue weighted by Gasteiger charge is -2.11. The van der Waals surface area contributed by atoms with E-state index in [1.807, 2.05) is 31.2 Å². The van der Waals surface area contributed by atoms with E-state index in [9.17, 15) is 13.2 Å². The van der Waals surface area contributed by atoms with Crippen LogP contribution in [-0.2, 0) is 16.4 Å². The van der Waals surface area contributed by atoms with Crippen LogP contribution in [0.5, 0.6) is 0 Å². The molecule has 0 saturated carbocycles. The van der Waals surface area contributed by atoms with Gasteiger partial charge < -0.3 is 5.32 Å². The van der Waals surface area contributed by atoms with Gasteiger partial charge in [0, 0.05) is 16.3 Å². The summed E-state index contributed by atoms with van der Waals surface area (Å²) in [6.45, 7) is 2.00. The van der Waals surface area contributed by atoms with Crippen molar-refractivity contribution in [1.82, 2.24) is 0 Å². The van der Waals surface area contributed by atoms with E-state index < -0.39 is 10.0 Å². The molecule has 3 rings (SSSR count). The smallest absolute Gasteiger partial charge is 0.261 e. The molecule has 0 atom stereocenters. The first-order chi connectivity index (χ1) is 13.4. The van der Waals surface area contributed by atoms with Crippen LogP contribution in [0.25, 0.3) is 0 Å². The van der Waals surface area contributed by atoms with Crippen molar-refractivity contribution in [2.75, 3.05) is 10.0 Å². The molecule has 144 valence electrons. The minimum Gasteiger partial charge on any atom is -0.322 e. The molecule has 0 spiro atoms. The first-order valence-corrected chi connectivity index (χ1v) is 10.5. The topological polar surface area (TPSA) is 75.3 Å². The van der Waals surface area contributed by atoms with Crippen LogP contribution in [0.1, 0.15) is 22.8 Å². The van der Waals surface area contributed by atoms with Crippen LogP contribution < -0.4 is 10.0 Å². The third-order valence-corrected chi connectivity index (χ3v) is 5.74. The number of rotatable bonds is 6. The van der Waals surface area contributed by atoms with Gasteiger partial charge in [0.05, 0.1) is 10.6 Å². The zero-order chi connectivity index (χ0) is 20.1. The van der Waals surface area contributed by atoms with Gasteiger partial charge in [-0.15, -0.1) is 0 Å². The Bertz CT molecular complexity index is 1110. The Kier molecular flexibility index (Phi) is 6.02. The second-order valence-electron chi connectivity index (χ2n) is 6.11. The van der Waals surface area contributed by atoms with Crippen LogP contribution in [0.2, 0.25) is 5.02 Å². The fourth-order valence-electron chi connectivity index (χ4n) is 2.72. The van der Waals surface area contributed by atoms with Crippen LogP contribution in [0.4, 0.5) is 11.4 Å². The first kappa shape index (κ1) is 19.9. The molecule has 7 heteroatoms. The van der Waals surface area contributed by atoms with Crippen molar-refractivity contribution < 1.29 is 13.2 Å². The molecule has 0 unspecified atom stereocenters. The zero-order valence-electron chi connectivity index (χ0n) is 15.1. The van der Waals surface area contributed by atoms with Crippen LogP contribution in [-0.4, -0.2) is 14.3 Å². The third kappa shape index (κ3) is 4.71. The molecule has 3 aromatic carbocycles. The third-order valence-electron chi connectivity index (χ3n) is 4.13. The van der Waals surface area contributed by atoms with Crippen LogP contribution >= 0.6 is 11.6 Å². The molecule has 28 heavy (non-hydrogen) atoms. The summed E-state index contributed by atoms with van der Waals surface area (Å²) >= 11 is 5.90. The number of amides is 1. The molecule has 0 bridgehead atoms. The summed E-state index contributed by atoms with van der Waals surface area (Å²) in [6, 6.07) is 19.8. The lowest BCUT2D eigenvalue weighted by molar-refractivity contribution is 0.102. The fourth-order valence-corrected chi connectivity index (χ4v) is 4.00. The maximum atomic E-state index is 12.7. The average Bonchev–Trinajstić information content (AvgIpc) is 2.68. The highest BCUT2D eigenvalue weighted by Gasteiger charge is 2.17. The summed E-state index contributed by atoms with van der Waals surface area (Å²) in [5.74, 6) is -0.374. The lowest BCUT2D eigenvalue weighted by atomic mass is 10.1. The number of hydrogen-bond donors (Lipinski definition) is 2. The van der Waals surface area contributed by atoms with E-state index in [1.165, 1.54) is 24.3 Å². The summed E-state index contributed by atoms with van der Waals surface area (Å²) in [7, 11) is -3.86. The number of carbonyl (C=O) groups is 1. The molecule has 0 radical (unpaired) electrons. The van der Waals surface area contributed by atoms with Gasteiger partial charge in [0.2, 0.25) is 0 Å². The van der Waals surface area contributed by atoms with Crippen molar-refractivity contribution in [3.63, 3.8) is 0 Å². The molecular weight excluding hydrogens is 396 g/mol. The summed E-state index contributed by atoms with van der Waals surface area (Å²) in [5.41, 5.74) is 2.31. The molecule has 0 aliphatic heterocycles. The number of carbonyl (C=O) groups excluding carboxylic acids is 1. The Labute approximate surface area is 169 Å². The highest BCUT2D eigenvalue weighted by Crippen LogP contribution is 2.21. The molecule has 0 aliphatic carbocycles. The number of halogens is 1. The van der Waals surface area contributed by atoms with Crippen molar-refractivity contribution in [1.29, 1.82) is 0 Å². The van der Waals surface area contributed by atoms with E-state index in [2.05, 4.69) is 10.0 Å². The van der Waals surface area contributed by atoms with E-state index in [0.717, 1.165) is 12.0 Å². The Balaban J connectivity index is 1.84. The van der Waals surface area contributed by atoms with Crippen molar-refractivity contribution >= 4 is 38.9 Å². The highest BCUT2D eigenvalue weighted by molar-refractivity contribution is 7.92. The molecular formula is C21H19ClN2O3S. The summed E-state index contributed by atoms with van der Waals surface area (Å²) < 4.78 is 27.8. The molecule has 0 fully saturated rings. The van der Waals surface area contributed by atoms with Gasteiger partial charge in [0.1, 0.15) is 0 Å². The van der Waals surface area contributed by atoms with E-state index in [4.69, 9.17) is 11.6 Å². The molecule has 0 aromatic heterocycles. The maximum absolute atomic E-state index is 12.7. The highest BCUT2D eigenvalue weighted by atomic mass is 35.5. The molecule has 1 amide bonds. The van der Waals surface area contributed by atoms with E-state index in [0.29, 0.717) is 16.4 Å². The van der Waals surface area contributed by atoms with Crippen LogP contribution in [0, 0.1) is 0 Å². The van der Waals surface area contributed by atoms with E-state index >= 15 is 0 Å². The number of sulfonamides is 1. The van der Waals surface area contributed by atoms with Gasteiger partial charge in [-0.25, -0.2) is 8.42 Å². The van der Waals surface area contributed by atoms with Gasteiger partial charge in [-0.05, 0) is 54.4 Å². The van der Waals surface area contributed by atoms with Gasteiger partial charge in [-0.3, -0.25) is 9.52 Å². The number of aryl methyl sites for hydroxylation is 1. The van der Waals surface area contributed by atoms with E-state index in [1.54, 1.807) is 24.3 Å². The SMILES string of the molecule is CCc1ccccc1NC(=O)c1cccc(S(=O)(=O)Nc2cccc(Cl)c2)c1. The maximum Gasteiger partial charge on any atom is 0.261 e. The average molecular weight is 415 g/mol. The fraction of sp³-hybridized carbons (Fsp3) is 0.0952. The molecule has 0 saturated heterocycles. The molecule has 0 aliphatic rings. The number of hydrogen-bond acceptors (Lipinski definition) is 3. The second-order valence-corrected chi connectivity index (χ2v) is 8.23. The Morgan fingerprint density at radius 1 is 0.964 bits per heavy atom. The molecule has 2 N–H and O–H groups in total. The van der Waals surface area contributed by atoms with Gasteiger partial charge >= 0.3 is 0 Å². The number of anilines is 2. The van der Waals surface area contributed by atoms with Crippen molar-refractivity contribution in [2.45, 2.75) is 18.2 Å². The number of para-hydroxylation sites is 1. The minimum absolute atomic E-state index is 0.0103. The Hall–Kier alpha value is -2.83. The van der Waals surface area contributed by atoms with E-state index in [-0.39, 0.29) is 16.4 Å². The standard InChI is InChI=1S/C21H19ClN2O3S/c1-2-15-7-3-4-12-20(15)23-21(25)16-8-5-11-19(13-16)28(26,27)24-18-10-6-9-17(22)14-18/h3-14,24H,2H2,1H3,(H,23,25). The van der Waals surface area contributed by atoms with Crippen LogP contribution in [0.3, 0.4) is 0 Å².